The molecule has 1 N–H and O–H groups in total. The fourth-order valence-electron chi connectivity index (χ4n) is 5.43. The Hall–Kier alpha value is -3.42. The van der Waals surface area contributed by atoms with Crippen molar-refractivity contribution in [2.75, 3.05) is 42.2 Å². The SMILES string of the molecule is COc1cc([C@H]2c3c(ccc(OC)c3OC)C[C@H](C)N2[C@@H](CO)c2ccccc2)cc(OC)c1OC. The zero-order chi connectivity index (χ0) is 25.8. The van der Waals surface area contributed by atoms with Crippen LogP contribution in [0, 0.1) is 0 Å². The van der Waals surface area contributed by atoms with Crippen molar-refractivity contribution in [3.8, 4) is 28.7 Å². The van der Waals surface area contributed by atoms with Crippen LogP contribution in [0.1, 0.15) is 41.3 Å². The number of ether oxygens (including phenoxy) is 5. The Bertz CT molecular complexity index is 1160. The molecule has 0 spiro atoms. The maximum absolute atomic E-state index is 10.7. The molecule has 1 aliphatic rings. The number of benzene rings is 3. The number of rotatable bonds is 9. The van der Waals surface area contributed by atoms with E-state index in [1.54, 1.807) is 35.5 Å². The number of aliphatic hydroxyl groups excluding tert-OH is 1. The number of hydrogen-bond donors (Lipinski definition) is 1. The highest BCUT2D eigenvalue weighted by molar-refractivity contribution is 5.60. The molecule has 0 unspecified atom stereocenters. The van der Waals surface area contributed by atoms with Gasteiger partial charge in [0.05, 0.1) is 54.2 Å². The van der Waals surface area contributed by atoms with E-state index in [1.165, 1.54) is 5.56 Å². The van der Waals surface area contributed by atoms with E-state index in [0.29, 0.717) is 28.7 Å². The first-order valence-corrected chi connectivity index (χ1v) is 12.0. The van der Waals surface area contributed by atoms with Crippen LogP contribution >= 0.6 is 0 Å². The van der Waals surface area contributed by atoms with Crippen LogP contribution in [0.15, 0.2) is 54.6 Å². The Kier molecular flexibility index (Phi) is 7.91. The molecule has 1 aliphatic heterocycles. The number of nitrogens with zero attached hydrogens (tertiary/aromatic N) is 1. The second-order valence-electron chi connectivity index (χ2n) is 8.84. The first-order chi connectivity index (χ1) is 17.5. The molecule has 0 aromatic heterocycles. The van der Waals surface area contributed by atoms with Gasteiger partial charge in [-0.05, 0) is 48.2 Å². The van der Waals surface area contributed by atoms with Gasteiger partial charge in [0.1, 0.15) is 0 Å². The predicted molar refractivity (Wildman–Crippen MR) is 139 cm³/mol. The molecule has 3 atom stereocenters. The Morgan fingerprint density at radius 2 is 1.42 bits per heavy atom. The first-order valence-electron chi connectivity index (χ1n) is 12.0. The molecule has 0 bridgehead atoms. The highest BCUT2D eigenvalue weighted by Gasteiger charge is 2.41. The largest absolute Gasteiger partial charge is 0.493 e. The van der Waals surface area contributed by atoms with Gasteiger partial charge in [-0.15, -0.1) is 0 Å². The lowest BCUT2D eigenvalue weighted by Crippen LogP contribution is -2.46. The van der Waals surface area contributed by atoms with Crippen molar-refractivity contribution in [2.24, 2.45) is 0 Å². The topological polar surface area (TPSA) is 69.6 Å². The fourth-order valence-corrected chi connectivity index (χ4v) is 5.43. The molecule has 192 valence electrons. The number of fused-ring (bicyclic) bond motifs is 1. The summed E-state index contributed by atoms with van der Waals surface area (Å²) < 4.78 is 28.6. The molecule has 3 aromatic rings. The molecule has 4 rings (SSSR count). The zero-order valence-corrected chi connectivity index (χ0v) is 21.8. The zero-order valence-electron chi connectivity index (χ0n) is 21.8. The highest BCUT2D eigenvalue weighted by Crippen LogP contribution is 2.51. The smallest absolute Gasteiger partial charge is 0.203 e. The van der Waals surface area contributed by atoms with E-state index in [-0.39, 0.29) is 24.7 Å². The van der Waals surface area contributed by atoms with Gasteiger partial charge in [0.15, 0.2) is 23.0 Å². The van der Waals surface area contributed by atoms with Gasteiger partial charge in [0.2, 0.25) is 5.75 Å². The van der Waals surface area contributed by atoms with Crippen molar-refractivity contribution in [3.63, 3.8) is 0 Å². The van der Waals surface area contributed by atoms with Crippen LogP contribution in [0.3, 0.4) is 0 Å². The molecular formula is C29H35NO6. The van der Waals surface area contributed by atoms with Crippen LogP contribution in [0.4, 0.5) is 0 Å². The second-order valence-corrected chi connectivity index (χ2v) is 8.84. The van der Waals surface area contributed by atoms with Crippen LogP contribution in [-0.2, 0) is 6.42 Å². The minimum atomic E-state index is -0.292. The normalized spacial score (nSPS) is 18.2. The highest BCUT2D eigenvalue weighted by atomic mass is 16.5. The number of hydrogen-bond acceptors (Lipinski definition) is 7. The van der Waals surface area contributed by atoms with Crippen molar-refractivity contribution in [1.82, 2.24) is 4.90 Å². The Labute approximate surface area is 213 Å². The molecule has 7 heteroatoms. The Balaban J connectivity index is 2.03. The van der Waals surface area contributed by atoms with Gasteiger partial charge in [-0.3, -0.25) is 4.90 Å². The molecule has 3 aromatic carbocycles. The maximum atomic E-state index is 10.7. The molecule has 7 nitrogen and oxygen atoms in total. The summed E-state index contributed by atoms with van der Waals surface area (Å²) in [4.78, 5) is 2.35. The summed E-state index contributed by atoms with van der Waals surface area (Å²) in [6, 6.07) is 17.6. The summed E-state index contributed by atoms with van der Waals surface area (Å²) >= 11 is 0. The Morgan fingerprint density at radius 1 is 0.806 bits per heavy atom. The summed E-state index contributed by atoms with van der Waals surface area (Å²) in [6.07, 6.45) is 0.792. The van der Waals surface area contributed by atoms with E-state index in [9.17, 15) is 5.11 Å². The average molecular weight is 494 g/mol. The monoisotopic (exact) mass is 493 g/mol. The molecule has 0 amide bonds. The van der Waals surface area contributed by atoms with E-state index in [4.69, 9.17) is 23.7 Å². The van der Waals surface area contributed by atoms with Crippen molar-refractivity contribution in [1.29, 1.82) is 0 Å². The number of methoxy groups -OCH3 is 5. The van der Waals surface area contributed by atoms with E-state index >= 15 is 0 Å². The first kappa shape index (κ1) is 25.7. The molecule has 0 fully saturated rings. The van der Waals surface area contributed by atoms with Gasteiger partial charge >= 0.3 is 0 Å². The van der Waals surface area contributed by atoms with Gasteiger partial charge < -0.3 is 28.8 Å². The maximum Gasteiger partial charge on any atom is 0.203 e. The van der Waals surface area contributed by atoms with Crippen LogP contribution in [0.5, 0.6) is 28.7 Å². The van der Waals surface area contributed by atoms with E-state index in [2.05, 4.69) is 30.0 Å². The second kappa shape index (κ2) is 11.1. The minimum absolute atomic E-state index is 0.0447. The Morgan fingerprint density at radius 3 is 1.94 bits per heavy atom. The third-order valence-electron chi connectivity index (χ3n) is 6.99. The van der Waals surface area contributed by atoms with E-state index in [1.807, 2.05) is 36.4 Å². The third kappa shape index (κ3) is 4.45. The molecule has 1 heterocycles. The van der Waals surface area contributed by atoms with Crippen LogP contribution in [-0.4, -0.2) is 58.2 Å². The van der Waals surface area contributed by atoms with E-state index < -0.39 is 0 Å². The number of aliphatic hydroxyl groups is 1. The average Bonchev–Trinajstić information content (AvgIpc) is 2.92. The van der Waals surface area contributed by atoms with Gasteiger partial charge in [0.25, 0.3) is 0 Å². The standard InChI is InChI=1S/C29H35NO6/c1-18-14-20-12-13-23(32-2)29(36-6)26(20)27(30(18)22(17-31)19-10-8-7-9-11-19)21-15-24(33-3)28(35-5)25(16-21)34-4/h7-13,15-16,18,22,27,31H,14,17H2,1-6H3/t18-,22-,27-/m0/s1. The van der Waals surface area contributed by atoms with Crippen LogP contribution in [0.2, 0.25) is 0 Å². The van der Waals surface area contributed by atoms with E-state index in [0.717, 1.165) is 23.1 Å². The molecule has 0 saturated carbocycles. The quantitative estimate of drug-likeness (QED) is 0.459. The fraction of sp³-hybridized carbons (Fsp3) is 0.379. The lowest BCUT2D eigenvalue weighted by molar-refractivity contribution is 0.0510. The summed E-state index contributed by atoms with van der Waals surface area (Å²) in [5.41, 5.74) is 4.13. The lowest BCUT2D eigenvalue weighted by atomic mass is 9.82. The molecule has 0 aliphatic carbocycles. The molecule has 36 heavy (non-hydrogen) atoms. The lowest BCUT2D eigenvalue weighted by Gasteiger charge is -2.47. The van der Waals surface area contributed by atoms with Gasteiger partial charge in [0, 0.05) is 11.6 Å². The van der Waals surface area contributed by atoms with Crippen LogP contribution < -0.4 is 23.7 Å². The predicted octanol–water partition coefficient (Wildman–Crippen LogP) is 4.80. The van der Waals surface area contributed by atoms with Crippen molar-refractivity contribution >= 4 is 0 Å². The molecular weight excluding hydrogens is 458 g/mol. The molecule has 0 saturated heterocycles. The molecule has 0 radical (unpaired) electrons. The van der Waals surface area contributed by atoms with Crippen molar-refractivity contribution < 1.29 is 28.8 Å². The van der Waals surface area contributed by atoms with Crippen molar-refractivity contribution in [2.45, 2.75) is 31.5 Å². The third-order valence-corrected chi connectivity index (χ3v) is 6.99. The van der Waals surface area contributed by atoms with Gasteiger partial charge in [-0.25, -0.2) is 0 Å². The summed E-state index contributed by atoms with van der Waals surface area (Å²) in [7, 11) is 8.12. The summed E-state index contributed by atoms with van der Waals surface area (Å²) in [5, 5.41) is 10.7. The van der Waals surface area contributed by atoms with Crippen LogP contribution in [0.25, 0.3) is 0 Å². The minimum Gasteiger partial charge on any atom is -0.493 e. The summed E-state index contributed by atoms with van der Waals surface area (Å²) in [5.74, 6) is 2.99. The van der Waals surface area contributed by atoms with Gasteiger partial charge in [-0.2, -0.15) is 0 Å². The van der Waals surface area contributed by atoms with Crippen molar-refractivity contribution in [3.05, 3.63) is 76.9 Å². The van der Waals surface area contributed by atoms with Gasteiger partial charge in [-0.1, -0.05) is 36.4 Å². The summed E-state index contributed by atoms with van der Waals surface area (Å²) in [6.45, 7) is 2.15.